The fourth-order valence-corrected chi connectivity index (χ4v) is 7.37. The van der Waals surface area contributed by atoms with Crippen molar-refractivity contribution in [3.63, 3.8) is 0 Å². The highest BCUT2D eigenvalue weighted by Crippen LogP contribution is 2.40. The Morgan fingerprint density at radius 3 is 1.53 bits per heavy atom. The van der Waals surface area contributed by atoms with Crippen LogP contribution >= 0.6 is 0 Å². The third-order valence-electron chi connectivity index (χ3n) is 9.84. The number of fused-ring (bicyclic) bond motifs is 5. The Kier molecular flexibility index (Phi) is 6.78. The Balaban J connectivity index is 1.25. The zero-order valence-corrected chi connectivity index (χ0v) is 27.6. The van der Waals surface area contributed by atoms with E-state index < -0.39 is 0 Å². The Hall–Kier alpha value is -6.91. The molecule has 0 bridgehead atoms. The average molecular weight is 651 g/mol. The van der Waals surface area contributed by atoms with Gasteiger partial charge in [-0.2, -0.15) is 0 Å². The lowest BCUT2D eigenvalue weighted by Gasteiger charge is -2.17. The highest BCUT2D eigenvalue weighted by molar-refractivity contribution is 6.11. The third kappa shape index (κ3) is 4.96. The molecule has 2 heterocycles. The van der Waals surface area contributed by atoms with Gasteiger partial charge in [0.25, 0.3) is 0 Å². The number of benzene rings is 8. The van der Waals surface area contributed by atoms with Gasteiger partial charge in [-0.15, -0.1) is 0 Å². The van der Waals surface area contributed by atoms with Crippen LogP contribution in [0.1, 0.15) is 0 Å². The smallest absolute Gasteiger partial charge is 0.166 e. The fraction of sp³-hybridized carbons (Fsp3) is 0. The lowest BCUT2D eigenvalue weighted by molar-refractivity contribution is 1.07. The first-order chi connectivity index (χ1) is 25.3. The summed E-state index contributed by atoms with van der Waals surface area (Å²) in [5.74, 6) is 1.89. The summed E-state index contributed by atoms with van der Waals surface area (Å²) in [6.07, 6.45) is 0. The molecule has 0 spiro atoms. The molecule has 10 aromatic rings. The van der Waals surface area contributed by atoms with E-state index in [0.29, 0.717) is 17.5 Å². The zero-order chi connectivity index (χ0) is 33.7. The SMILES string of the molecule is c1ccc(-c2ccc(-c3nc(-c4ccc5ccccc5c4)nc(-c4ccc5ccccc5c4-n4c5ccccc5c5ccccc54)n3)cc2)cc1. The van der Waals surface area contributed by atoms with E-state index in [4.69, 9.17) is 15.0 Å². The van der Waals surface area contributed by atoms with Gasteiger partial charge in [-0.25, -0.2) is 15.0 Å². The first-order valence-corrected chi connectivity index (χ1v) is 17.2. The first-order valence-electron chi connectivity index (χ1n) is 17.2. The van der Waals surface area contributed by atoms with Gasteiger partial charge in [-0.3, -0.25) is 0 Å². The van der Waals surface area contributed by atoms with Crippen LogP contribution < -0.4 is 0 Å². The van der Waals surface area contributed by atoms with E-state index in [9.17, 15) is 0 Å². The first kappa shape index (κ1) is 29.0. The molecule has 0 amide bonds. The average Bonchev–Trinajstić information content (AvgIpc) is 3.54. The van der Waals surface area contributed by atoms with Crippen LogP contribution in [0.3, 0.4) is 0 Å². The van der Waals surface area contributed by atoms with E-state index in [1.807, 2.05) is 6.07 Å². The molecule has 0 aliphatic carbocycles. The summed E-state index contributed by atoms with van der Waals surface area (Å²) in [7, 11) is 0. The Morgan fingerprint density at radius 1 is 0.314 bits per heavy atom. The van der Waals surface area contributed by atoms with E-state index in [1.54, 1.807) is 0 Å². The summed E-state index contributed by atoms with van der Waals surface area (Å²) in [5.41, 5.74) is 8.45. The van der Waals surface area contributed by atoms with Gasteiger partial charge in [0.05, 0.1) is 16.7 Å². The fourth-order valence-electron chi connectivity index (χ4n) is 7.37. The van der Waals surface area contributed by atoms with E-state index in [1.165, 1.54) is 21.7 Å². The van der Waals surface area contributed by atoms with Crippen LogP contribution in [0.4, 0.5) is 0 Å². The molecule has 0 saturated heterocycles. The second-order valence-corrected chi connectivity index (χ2v) is 12.9. The number of nitrogens with zero attached hydrogens (tertiary/aromatic N) is 4. The van der Waals surface area contributed by atoms with Crippen molar-refractivity contribution in [1.82, 2.24) is 19.5 Å². The molecule has 0 aliphatic rings. The maximum Gasteiger partial charge on any atom is 0.166 e. The molecular weight excluding hydrogens is 621 g/mol. The lowest BCUT2D eigenvalue weighted by Crippen LogP contribution is -2.04. The van der Waals surface area contributed by atoms with Crippen LogP contribution in [0.2, 0.25) is 0 Å². The van der Waals surface area contributed by atoms with Crippen LogP contribution in [-0.4, -0.2) is 19.5 Å². The van der Waals surface area contributed by atoms with Gasteiger partial charge in [0.15, 0.2) is 17.5 Å². The minimum absolute atomic E-state index is 0.623. The largest absolute Gasteiger partial charge is 0.308 e. The van der Waals surface area contributed by atoms with Gasteiger partial charge in [-0.05, 0) is 51.6 Å². The van der Waals surface area contributed by atoms with Crippen molar-refractivity contribution in [1.29, 1.82) is 0 Å². The number of hydrogen-bond acceptors (Lipinski definition) is 3. The van der Waals surface area contributed by atoms with Crippen molar-refractivity contribution < 1.29 is 0 Å². The lowest BCUT2D eigenvalue weighted by atomic mass is 10.0. The summed E-state index contributed by atoms with van der Waals surface area (Å²) < 4.78 is 2.39. The molecule has 0 aliphatic heterocycles. The van der Waals surface area contributed by atoms with Crippen LogP contribution in [0.15, 0.2) is 182 Å². The molecule has 238 valence electrons. The quantitative estimate of drug-likeness (QED) is 0.186. The molecule has 0 radical (unpaired) electrons. The summed E-state index contributed by atoms with van der Waals surface area (Å²) in [6.45, 7) is 0. The molecule has 0 N–H and O–H groups in total. The van der Waals surface area contributed by atoms with Crippen molar-refractivity contribution in [3.8, 4) is 51.0 Å². The second kappa shape index (κ2) is 11.9. The summed E-state index contributed by atoms with van der Waals surface area (Å²) >= 11 is 0. The molecule has 51 heavy (non-hydrogen) atoms. The number of aromatic nitrogens is 4. The van der Waals surface area contributed by atoms with Crippen molar-refractivity contribution in [3.05, 3.63) is 182 Å². The Labute approximate surface area is 295 Å². The van der Waals surface area contributed by atoms with Gasteiger partial charge in [0.1, 0.15) is 0 Å². The van der Waals surface area contributed by atoms with Crippen LogP contribution in [-0.2, 0) is 0 Å². The van der Waals surface area contributed by atoms with Gasteiger partial charge >= 0.3 is 0 Å². The third-order valence-corrected chi connectivity index (χ3v) is 9.84. The van der Waals surface area contributed by atoms with E-state index >= 15 is 0 Å². The summed E-state index contributed by atoms with van der Waals surface area (Å²) in [4.78, 5) is 15.7. The summed E-state index contributed by atoms with van der Waals surface area (Å²) in [6, 6.07) is 63.9. The molecule has 0 unspecified atom stereocenters. The topological polar surface area (TPSA) is 43.6 Å². The maximum atomic E-state index is 5.27. The minimum Gasteiger partial charge on any atom is -0.308 e. The zero-order valence-electron chi connectivity index (χ0n) is 27.6. The van der Waals surface area contributed by atoms with Gasteiger partial charge in [-0.1, -0.05) is 158 Å². The molecule has 0 atom stereocenters. The van der Waals surface area contributed by atoms with E-state index in [2.05, 4.69) is 180 Å². The highest BCUT2D eigenvalue weighted by Gasteiger charge is 2.21. The molecule has 0 fully saturated rings. The monoisotopic (exact) mass is 650 g/mol. The molecule has 10 rings (SSSR count). The number of para-hydroxylation sites is 2. The second-order valence-electron chi connectivity index (χ2n) is 12.9. The van der Waals surface area contributed by atoms with Gasteiger partial charge in [0, 0.05) is 32.8 Å². The predicted octanol–water partition coefficient (Wildman–Crippen LogP) is 11.9. The molecular formula is C47H30N4. The van der Waals surface area contributed by atoms with Crippen molar-refractivity contribution in [2.75, 3.05) is 0 Å². The Bertz CT molecular complexity index is 2850. The number of hydrogen-bond donors (Lipinski definition) is 0. The molecule has 8 aromatic carbocycles. The predicted molar refractivity (Wildman–Crippen MR) is 211 cm³/mol. The van der Waals surface area contributed by atoms with Gasteiger partial charge in [0.2, 0.25) is 0 Å². The van der Waals surface area contributed by atoms with Crippen LogP contribution in [0.5, 0.6) is 0 Å². The van der Waals surface area contributed by atoms with E-state index in [-0.39, 0.29) is 0 Å². The molecule has 2 aromatic heterocycles. The van der Waals surface area contributed by atoms with Crippen LogP contribution in [0.25, 0.3) is 94.3 Å². The van der Waals surface area contributed by atoms with Crippen molar-refractivity contribution >= 4 is 43.4 Å². The van der Waals surface area contributed by atoms with Crippen molar-refractivity contribution in [2.24, 2.45) is 0 Å². The van der Waals surface area contributed by atoms with Crippen LogP contribution in [0, 0.1) is 0 Å². The molecule has 4 heteroatoms. The number of rotatable bonds is 5. The standard InChI is InChI=1S/C47H30N4/c1-2-12-31(13-3-1)33-22-25-35(26-23-33)45-48-46(37-27-24-32-14-4-5-16-36(32)30-37)50-47(49-45)41-29-28-34-15-6-7-17-38(34)44(41)51-42-20-10-8-18-39(42)40-19-9-11-21-43(40)51/h1-30H. The molecule has 0 saturated carbocycles. The van der Waals surface area contributed by atoms with E-state index in [0.717, 1.165) is 55.1 Å². The van der Waals surface area contributed by atoms with Gasteiger partial charge < -0.3 is 4.57 Å². The Morgan fingerprint density at radius 2 is 0.804 bits per heavy atom. The van der Waals surface area contributed by atoms with Crippen molar-refractivity contribution in [2.45, 2.75) is 0 Å². The molecule has 4 nitrogen and oxygen atoms in total. The normalized spacial score (nSPS) is 11.5. The highest BCUT2D eigenvalue weighted by atomic mass is 15.1. The summed E-state index contributed by atoms with van der Waals surface area (Å²) in [5, 5.41) is 7.01. The maximum absolute atomic E-state index is 5.27. The minimum atomic E-state index is 0.623.